The number of nitro benzene ring substituents is 1. The van der Waals surface area contributed by atoms with E-state index < -0.39 is 22.7 Å². The van der Waals surface area contributed by atoms with Gasteiger partial charge in [-0.1, -0.05) is 40.2 Å². The first-order chi connectivity index (χ1) is 15.9. The summed E-state index contributed by atoms with van der Waals surface area (Å²) in [6.45, 7) is 3.36. The molecule has 0 unspecified atom stereocenters. The number of likely N-dealkylation sites (tertiary alicyclic amines) is 1. The molecule has 2 aliphatic rings. The highest BCUT2D eigenvalue weighted by atomic mass is 79.9. The molecule has 1 atom stereocenters. The Morgan fingerprint density at radius 2 is 1.82 bits per heavy atom. The fraction of sp³-hybridized carbons (Fsp3) is 0.304. The number of non-ortho nitro benzene ring substituents is 1. The first kappa shape index (κ1) is 23.1. The summed E-state index contributed by atoms with van der Waals surface area (Å²) in [6.07, 6.45) is 0. The number of ketones is 1. The number of aliphatic hydroxyl groups is 1. The van der Waals surface area contributed by atoms with Gasteiger partial charge in [0.1, 0.15) is 5.76 Å². The summed E-state index contributed by atoms with van der Waals surface area (Å²) in [5.41, 5.74) is 0.531. The van der Waals surface area contributed by atoms with E-state index >= 15 is 0 Å². The first-order valence-corrected chi connectivity index (χ1v) is 11.2. The number of hydrogen-bond acceptors (Lipinski definition) is 7. The molecule has 2 aliphatic heterocycles. The topological polar surface area (TPSA) is 113 Å². The van der Waals surface area contributed by atoms with Gasteiger partial charge in [-0.25, -0.2) is 0 Å². The van der Waals surface area contributed by atoms with Gasteiger partial charge in [0.2, 0.25) is 0 Å². The minimum absolute atomic E-state index is 0.0789. The lowest BCUT2D eigenvalue weighted by Gasteiger charge is -2.31. The highest BCUT2D eigenvalue weighted by Gasteiger charge is 2.46. The number of benzene rings is 2. The van der Waals surface area contributed by atoms with Crippen LogP contribution in [0.15, 0.2) is 58.6 Å². The first-order valence-electron chi connectivity index (χ1n) is 10.5. The van der Waals surface area contributed by atoms with E-state index in [1.165, 1.54) is 23.1 Å². The van der Waals surface area contributed by atoms with E-state index in [9.17, 15) is 24.8 Å². The van der Waals surface area contributed by atoms with Crippen LogP contribution in [0.2, 0.25) is 0 Å². The molecule has 1 N–H and O–H groups in total. The second-order valence-corrected chi connectivity index (χ2v) is 8.72. The van der Waals surface area contributed by atoms with Gasteiger partial charge in [0, 0.05) is 48.3 Å². The van der Waals surface area contributed by atoms with Crippen molar-refractivity contribution < 1.29 is 24.4 Å². The van der Waals surface area contributed by atoms with Crippen LogP contribution in [0.1, 0.15) is 17.2 Å². The molecule has 4 rings (SSSR count). The molecule has 0 aliphatic carbocycles. The zero-order valence-corrected chi connectivity index (χ0v) is 19.2. The lowest BCUT2D eigenvalue weighted by atomic mass is 9.95. The molecule has 2 fully saturated rings. The molecule has 2 aromatic carbocycles. The Morgan fingerprint density at radius 1 is 1.12 bits per heavy atom. The highest BCUT2D eigenvalue weighted by molar-refractivity contribution is 9.10. The van der Waals surface area contributed by atoms with Gasteiger partial charge in [-0.3, -0.25) is 24.6 Å². The van der Waals surface area contributed by atoms with Crippen molar-refractivity contribution in [2.24, 2.45) is 0 Å². The van der Waals surface area contributed by atoms with Crippen LogP contribution in [0.25, 0.3) is 5.76 Å². The fourth-order valence-corrected chi connectivity index (χ4v) is 4.37. The number of ether oxygens (including phenoxy) is 1. The van der Waals surface area contributed by atoms with Crippen molar-refractivity contribution in [1.29, 1.82) is 0 Å². The van der Waals surface area contributed by atoms with Crippen LogP contribution < -0.4 is 0 Å². The lowest BCUT2D eigenvalue weighted by Crippen LogP contribution is -2.42. The van der Waals surface area contributed by atoms with Crippen molar-refractivity contribution in [3.05, 3.63) is 79.8 Å². The van der Waals surface area contributed by atoms with E-state index in [2.05, 4.69) is 20.8 Å². The van der Waals surface area contributed by atoms with Crippen LogP contribution in [0.5, 0.6) is 0 Å². The predicted molar refractivity (Wildman–Crippen MR) is 124 cm³/mol. The maximum atomic E-state index is 13.1. The number of aliphatic hydroxyl groups excluding tert-OH is 1. The molecule has 2 heterocycles. The zero-order valence-electron chi connectivity index (χ0n) is 17.6. The maximum Gasteiger partial charge on any atom is 0.295 e. The van der Waals surface area contributed by atoms with Gasteiger partial charge < -0.3 is 14.7 Å². The van der Waals surface area contributed by atoms with E-state index in [1.807, 2.05) is 0 Å². The summed E-state index contributed by atoms with van der Waals surface area (Å²) >= 11 is 3.33. The summed E-state index contributed by atoms with van der Waals surface area (Å²) in [5, 5.41) is 22.4. The second-order valence-electron chi connectivity index (χ2n) is 7.81. The number of nitrogens with zero attached hydrogens (tertiary/aromatic N) is 3. The molecule has 2 saturated heterocycles. The van der Waals surface area contributed by atoms with Crippen molar-refractivity contribution in [3.63, 3.8) is 0 Å². The molecule has 0 bridgehead atoms. The lowest BCUT2D eigenvalue weighted by molar-refractivity contribution is -0.384. The number of carbonyl (C=O) groups is 2. The minimum Gasteiger partial charge on any atom is -0.507 e. The molecule has 172 valence electrons. The monoisotopic (exact) mass is 515 g/mol. The van der Waals surface area contributed by atoms with E-state index in [-0.39, 0.29) is 23.6 Å². The Hall–Kier alpha value is -3.08. The van der Waals surface area contributed by atoms with Crippen molar-refractivity contribution in [2.75, 3.05) is 39.4 Å². The van der Waals surface area contributed by atoms with Gasteiger partial charge in [-0.15, -0.1) is 0 Å². The summed E-state index contributed by atoms with van der Waals surface area (Å²) in [7, 11) is 0. The third-order valence-electron chi connectivity index (χ3n) is 5.82. The third-order valence-corrected chi connectivity index (χ3v) is 6.34. The van der Waals surface area contributed by atoms with Gasteiger partial charge in [0.15, 0.2) is 0 Å². The molecule has 2 aromatic rings. The van der Waals surface area contributed by atoms with Crippen molar-refractivity contribution in [3.8, 4) is 0 Å². The van der Waals surface area contributed by atoms with Crippen LogP contribution in [0, 0.1) is 10.1 Å². The summed E-state index contributed by atoms with van der Waals surface area (Å²) in [6, 6.07) is 11.6. The average molecular weight is 516 g/mol. The largest absolute Gasteiger partial charge is 0.507 e. The number of morpholine rings is 1. The number of amides is 1. The Bertz CT molecular complexity index is 1110. The van der Waals surface area contributed by atoms with Crippen molar-refractivity contribution >= 4 is 39.1 Å². The standard InChI is InChI=1S/C23H22BrN3O6/c24-17-6-4-15(5-7-17)21(28)19-20(16-2-1-3-18(14-16)27(31)32)26(23(30)22(19)29)9-8-25-10-12-33-13-11-25/h1-7,14,20,28H,8-13H2/t20-/m1/s1. The molecule has 9 nitrogen and oxygen atoms in total. The normalized spacial score (nSPS) is 20.9. The van der Waals surface area contributed by atoms with Gasteiger partial charge in [-0.2, -0.15) is 0 Å². The van der Waals surface area contributed by atoms with E-state index in [0.717, 1.165) is 4.47 Å². The number of Topliss-reactive ketones (excluding diaryl/α,β-unsaturated/α-hetero) is 1. The smallest absolute Gasteiger partial charge is 0.295 e. The Labute approximate surface area is 198 Å². The molecule has 0 spiro atoms. The van der Waals surface area contributed by atoms with Crippen molar-refractivity contribution in [1.82, 2.24) is 9.80 Å². The van der Waals surface area contributed by atoms with Gasteiger partial charge in [-0.05, 0) is 17.7 Å². The molecule has 0 radical (unpaired) electrons. The highest BCUT2D eigenvalue weighted by Crippen LogP contribution is 2.40. The summed E-state index contributed by atoms with van der Waals surface area (Å²) in [5.74, 6) is -1.86. The molecule has 0 saturated carbocycles. The van der Waals surface area contributed by atoms with Crippen LogP contribution in [0.4, 0.5) is 5.69 Å². The van der Waals surface area contributed by atoms with E-state index in [1.54, 1.807) is 30.3 Å². The Kier molecular flexibility index (Phi) is 6.87. The average Bonchev–Trinajstić information content (AvgIpc) is 3.08. The number of carbonyl (C=O) groups excluding carboxylic acids is 2. The number of nitro groups is 1. The van der Waals surface area contributed by atoms with Crippen LogP contribution >= 0.6 is 15.9 Å². The molecular formula is C23H22BrN3O6. The molecular weight excluding hydrogens is 494 g/mol. The van der Waals surface area contributed by atoms with E-state index in [0.29, 0.717) is 44.0 Å². The third kappa shape index (κ3) is 4.82. The number of rotatable bonds is 6. The Balaban J connectivity index is 1.77. The van der Waals surface area contributed by atoms with Gasteiger partial charge >= 0.3 is 0 Å². The summed E-state index contributed by atoms with van der Waals surface area (Å²) < 4.78 is 6.15. The molecule has 10 heteroatoms. The molecule has 1 amide bonds. The Morgan fingerprint density at radius 3 is 2.48 bits per heavy atom. The van der Waals surface area contributed by atoms with Gasteiger partial charge in [0.25, 0.3) is 17.4 Å². The SMILES string of the molecule is O=C1C(=O)N(CCN2CCOCC2)[C@H](c2cccc([N+](=O)[O-])c2)C1=C(O)c1ccc(Br)cc1. The van der Waals surface area contributed by atoms with Crippen molar-refractivity contribution in [2.45, 2.75) is 6.04 Å². The van der Waals surface area contributed by atoms with Crippen LogP contribution in [-0.4, -0.2) is 70.9 Å². The van der Waals surface area contributed by atoms with E-state index in [4.69, 9.17) is 4.74 Å². The van der Waals surface area contributed by atoms with Crippen LogP contribution in [0.3, 0.4) is 0 Å². The number of hydrogen-bond donors (Lipinski definition) is 1. The predicted octanol–water partition coefficient (Wildman–Crippen LogP) is 3.11. The second kappa shape index (κ2) is 9.82. The minimum atomic E-state index is -0.936. The van der Waals surface area contributed by atoms with Gasteiger partial charge in [0.05, 0.1) is 29.8 Å². The molecule has 0 aromatic heterocycles. The van der Waals surface area contributed by atoms with Crippen LogP contribution in [-0.2, 0) is 14.3 Å². The quantitative estimate of drug-likeness (QED) is 0.206. The maximum absolute atomic E-state index is 13.1. The summed E-state index contributed by atoms with van der Waals surface area (Å²) in [4.78, 5) is 40.4. The fourth-order valence-electron chi connectivity index (χ4n) is 4.10. The molecule has 33 heavy (non-hydrogen) atoms. The zero-order chi connectivity index (χ0) is 23.5. The number of halogens is 1.